The van der Waals surface area contributed by atoms with Gasteiger partial charge in [0.1, 0.15) is 12.4 Å². The van der Waals surface area contributed by atoms with Crippen LogP contribution < -0.4 is 10.5 Å². The highest BCUT2D eigenvalue weighted by Crippen LogP contribution is 2.16. The van der Waals surface area contributed by atoms with Crippen LogP contribution in [0.1, 0.15) is 12.8 Å². The lowest BCUT2D eigenvalue weighted by Gasteiger charge is -2.25. The van der Waals surface area contributed by atoms with Gasteiger partial charge in [-0.05, 0) is 45.6 Å². The van der Waals surface area contributed by atoms with Crippen LogP contribution in [0, 0.1) is 0 Å². The molecule has 1 fully saturated rings. The summed E-state index contributed by atoms with van der Waals surface area (Å²) in [5.41, 5.74) is 6.47. The molecule has 4 heteroatoms. The molecule has 0 radical (unpaired) electrons. The van der Waals surface area contributed by atoms with Crippen LogP contribution in [0.15, 0.2) is 24.3 Å². The van der Waals surface area contributed by atoms with Crippen molar-refractivity contribution in [2.24, 2.45) is 0 Å². The standard InChI is InChI=1S/C15H25N3O/c1-17(12-14-6-4-8-18(14)2)9-10-19-15-7-3-5-13(16)11-15/h3,5,7,11,14H,4,6,8-10,12,16H2,1-2H3. The number of benzene rings is 1. The highest BCUT2D eigenvalue weighted by atomic mass is 16.5. The fourth-order valence-corrected chi connectivity index (χ4v) is 2.58. The fourth-order valence-electron chi connectivity index (χ4n) is 2.58. The second-order valence-corrected chi connectivity index (χ2v) is 5.46. The van der Waals surface area contributed by atoms with Gasteiger partial charge in [0.2, 0.25) is 0 Å². The molecule has 1 heterocycles. The zero-order valence-corrected chi connectivity index (χ0v) is 12.0. The van der Waals surface area contributed by atoms with Crippen molar-refractivity contribution in [3.63, 3.8) is 0 Å². The first-order valence-corrected chi connectivity index (χ1v) is 7.02. The molecule has 1 aromatic rings. The molecule has 1 aliphatic heterocycles. The van der Waals surface area contributed by atoms with Crippen molar-refractivity contribution in [3.8, 4) is 5.75 Å². The van der Waals surface area contributed by atoms with Gasteiger partial charge in [0.15, 0.2) is 0 Å². The number of anilines is 1. The maximum Gasteiger partial charge on any atom is 0.121 e. The summed E-state index contributed by atoms with van der Waals surface area (Å²) in [5.74, 6) is 0.853. The number of hydrogen-bond donors (Lipinski definition) is 1. The number of nitrogen functional groups attached to an aromatic ring is 1. The minimum absolute atomic E-state index is 0.705. The van der Waals surface area contributed by atoms with Gasteiger partial charge in [-0.1, -0.05) is 6.07 Å². The Kier molecular flexibility index (Phi) is 5.05. The van der Waals surface area contributed by atoms with Crippen molar-refractivity contribution in [2.75, 3.05) is 46.1 Å². The SMILES string of the molecule is CN(CCOc1cccc(N)c1)CC1CCCN1C. The van der Waals surface area contributed by atoms with Crippen LogP contribution in [0.3, 0.4) is 0 Å². The summed E-state index contributed by atoms with van der Waals surface area (Å²) >= 11 is 0. The molecule has 106 valence electrons. The van der Waals surface area contributed by atoms with Crippen LogP contribution in [-0.2, 0) is 0 Å². The number of hydrogen-bond acceptors (Lipinski definition) is 4. The normalized spacial score (nSPS) is 20.1. The third-order valence-electron chi connectivity index (χ3n) is 3.79. The second kappa shape index (κ2) is 6.78. The summed E-state index contributed by atoms with van der Waals surface area (Å²) in [6, 6.07) is 8.31. The molecule has 0 aliphatic carbocycles. The Bertz CT molecular complexity index is 397. The Hall–Kier alpha value is -1.26. The molecule has 2 N–H and O–H groups in total. The molecule has 1 unspecified atom stereocenters. The van der Waals surface area contributed by atoms with Crippen LogP contribution in [0.2, 0.25) is 0 Å². The third-order valence-corrected chi connectivity index (χ3v) is 3.79. The predicted molar refractivity (Wildman–Crippen MR) is 79.5 cm³/mol. The van der Waals surface area contributed by atoms with Crippen LogP contribution in [0.25, 0.3) is 0 Å². The summed E-state index contributed by atoms with van der Waals surface area (Å²) in [5, 5.41) is 0. The van der Waals surface area contributed by atoms with Gasteiger partial charge in [0, 0.05) is 30.9 Å². The Balaban J connectivity index is 1.67. The van der Waals surface area contributed by atoms with E-state index in [0.717, 1.165) is 24.5 Å². The van der Waals surface area contributed by atoms with Gasteiger partial charge in [0.25, 0.3) is 0 Å². The van der Waals surface area contributed by atoms with E-state index in [9.17, 15) is 0 Å². The molecular formula is C15H25N3O. The van der Waals surface area contributed by atoms with Crippen LogP contribution in [-0.4, -0.2) is 56.2 Å². The van der Waals surface area contributed by atoms with Gasteiger partial charge in [-0.25, -0.2) is 0 Å². The highest BCUT2D eigenvalue weighted by molar-refractivity contribution is 5.43. The van der Waals surface area contributed by atoms with E-state index in [1.54, 1.807) is 0 Å². The van der Waals surface area contributed by atoms with Crippen molar-refractivity contribution in [1.82, 2.24) is 9.80 Å². The quantitative estimate of drug-likeness (QED) is 0.793. The maximum atomic E-state index is 5.72. The number of likely N-dealkylation sites (tertiary alicyclic amines) is 1. The molecule has 0 bridgehead atoms. The Morgan fingerprint density at radius 2 is 2.32 bits per heavy atom. The van der Waals surface area contributed by atoms with Crippen molar-refractivity contribution in [3.05, 3.63) is 24.3 Å². The minimum Gasteiger partial charge on any atom is -0.492 e. The second-order valence-electron chi connectivity index (χ2n) is 5.46. The van der Waals surface area contributed by atoms with Crippen LogP contribution in [0.4, 0.5) is 5.69 Å². The first-order valence-electron chi connectivity index (χ1n) is 7.02. The summed E-state index contributed by atoms with van der Waals surface area (Å²) in [6.07, 6.45) is 2.64. The van der Waals surface area contributed by atoms with E-state index < -0.39 is 0 Å². The van der Waals surface area contributed by atoms with Crippen molar-refractivity contribution in [1.29, 1.82) is 0 Å². The van der Waals surface area contributed by atoms with E-state index in [1.165, 1.54) is 19.4 Å². The number of nitrogens with two attached hydrogens (primary N) is 1. The summed E-state index contributed by atoms with van der Waals surface area (Å²) in [4.78, 5) is 4.80. The molecule has 2 rings (SSSR count). The highest BCUT2D eigenvalue weighted by Gasteiger charge is 2.21. The monoisotopic (exact) mass is 263 g/mol. The zero-order chi connectivity index (χ0) is 13.7. The predicted octanol–water partition coefficient (Wildman–Crippen LogP) is 1.67. The average molecular weight is 263 g/mol. The van der Waals surface area contributed by atoms with Gasteiger partial charge in [-0.15, -0.1) is 0 Å². The molecule has 0 spiro atoms. The van der Waals surface area contributed by atoms with Gasteiger partial charge in [0.05, 0.1) is 0 Å². The van der Waals surface area contributed by atoms with Gasteiger partial charge >= 0.3 is 0 Å². The topological polar surface area (TPSA) is 41.7 Å². The molecular weight excluding hydrogens is 238 g/mol. The molecule has 0 saturated carbocycles. The van der Waals surface area contributed by atoms with Crippen LogP contribution in [0.5, 0.6) is 5.75 Å². The molecule has 1 aromatic carbocycles. The average Bonchev–Trinajstić information content (AvgIpc) is 2.75. The first kappa shape index (κ1) is 14.2. The van der Waals surface area contributed by atoms with Gasteiger partial charge in [-0.3, -0.25) is 0 Å². The van der Waals surface area contributed by atoms with E-state index in [2.05, 4.69) is 23.9 Å². The van der Waals surface area contributed by atoms with Crippen molar-refractivity contribution in [2.45, 2.75) is 18.9 Å². The molecule has 1 atom stereocenters. The van der Waals surface area contributed by atoms with Crippen molar-refractivity contribution < 1.29 is 4.74 Å². The zero-order valence-electron chi connectivity index (χ0n) is 12.0. The Morgan fingerprint density at radius 3 is 3.00 bits per heavy atom. The smallest absolute Gasteiger partial charge is 0.121 e. The summed E-state index contributed by atoms with van der Waals surface area (Å²) in [6.45, 7) is 4.00. The van der Waals surface area contributed by atoms with E-state index in [0.29, 0.717) is 12.6 Å². The molecule has 1 aliphatic rings. The molecule has 4 nitrogen and oxygen atoms in total. The first-order chi connectivity index (χ1) is 9.15. The van der Waals surface area contributed by atoms with Crippen molar-refractivity contribution >= 4 is 5.69 Å². The molecule has 0 amide bonds. The maximum absolute atomic E-state index is 5.72. The van der Waals surface area contributed by atoms with E-state index in [-0.39, 0.29) is 0 Å². The number of likely N-dealkylation sites (N-methyl/N-ethyl adjacent to an activating group) is 2. The molecule has 0 aromatic heterocycles. The Morgan fingerprint density at radius 1 is 1.47 bits per heavy atom. The van der Waals surface area contributed by atoms with E-state index >= 15 is 0 Å². The van der Waals surface area contributed by atoms with E-state index in [4.69, 9.17) is 10.5 Å². The van der Waals surface area contributed by atoms with E-state index in [1.807, 2.05) is 24.3 Å². The molecule has 19 heavy (non-hydrogen) atoms. The third kappa shape index (κ3) is 4.40. The lowest BCUT2D eigenvalue weighted by molar-refractivity contribution is 0.190. The van der Waals surface area contributed by atoms with Crippen LogP contribution >= 0.6 is 0 Å². The summed E-state index contributed by atoms with van der Waals surface area (Å²) < 4.78 is 5.71. The minimum atomic E-state index is 0.705. The van der Waals surface area contributed by atoms with Gasteiger partial charge < -0.3 is 20.3 Å². The molecule has 1 saturated heterocycles. The number of rotatable bonds is 6. The summed E-state index contributed by atoms with van der Waals surface area (Å²) in [7, 11) is 4.38. The lowest BCUT2D eigenvalue weighted by atomic mass is 10.2. The lowest BCUT2D eigenvalue weighted by Crippen LogP contribution is -2.38. The van der Waals surface area contributed by atoms with Gasteiger partial charge in [-0.2, -0.15) is 0 Å². The largest absolute Gasteiger partial charge is 0.492 e. The number of ether oxygens (including phenoxy) is 1. The fraction of sp³-hybridized carbons (Fsp3) is 0.600. The Labute approximate surface area is 116 Å². The number of nitrogens with zero attached hydrogens (tertiary/aromatic N) is 2.